The predicted octanol–water partition coefficient (Wildman–Crippen LogP) is 11.3. The SMILES string of the molecule is Fc1cc(F)cc(-c2cccc3c(-c4c(P(c5ccccc5)c5ccccc5)ccc5c(-c6cc(F)cc(F)c6)cccc45)cccc23)c1. The highest BCUT2D eigenvalue weighted by Crippen LogP contribution is 2.44. The first kappa shape index (κ1) is 30.7. The standard InChI is InChI=1S/C44H27F4P/c45-30-22-28(23-31(46)26-30)36-14-7-17-39-38(36)16-9-19-41(39)44-42-18-8-15-37(29-24-32(47)27-33(48)25-29)40(42)20-21-43(44)49(34-10-3-1-4-11-34)35-12-5-2-6-13-35/h1-27H. The smallest absolute Gasteiger partial charge is 0.126 e. The molecule has 0 aliphatic carbocycles. The second kappa shape index (κ2) is 12.8. The van der Waals surface area contributed by atoms with Crippen molar-refractivity contribution < 1.29 is 17.6 Å². The Morgan fingerprint density at radius 3 is 1.22 bits per heavy atom. The normalized spacial score (nSPS) is 11.4. The number of hydrogen-bond donors (Lipinski definition) is 0. The van der Waals surface area contributed by atoms with Crippen LogP contribution in [0.25, 0.3) is 54.9 Å². The third kappa shape index (κ3) is 5.79. The fourth-order valence-electron chi connectivity index (χ4n) is 6.85. The summed E-state index contributed by atoms with van der Waals surface area (Å²) in [6, 6.07) is 49.9. The van der Waals surface area contributed by atoms with Crippen LogP contribution in [0.1, 0.15) is 0 Å². The van der Waals surface area contributed by atoms with Gasteiger partial charge in [0.25, 0.3) is 0 Å². The Bertz CT molecular complexity index is 2410. The molecule has 0 amide bonds. The van der Waals surface area contributed by atoms with E-state index in [0.717, 1.165) is 50.1 Å². The Kier molecular flexibility index (Phi) is 8.03. The van der Waals surface area contributed by atoms with E-state index < -0.39 is 31.2 Å². The van der Waals surface area contributed by atoms with Crippen LogP contribution in [0.3, 0.4) is 0 Å². The van der Waals surface area contributed by atoms with Crippen LogP contribution in [0.4, 0.5) is 17.6 Å². The van der Waals surface area contributed by atoms with E-state index in [0.29, 0.717) is 22.3 Å². The van der Waals surface area contributed by atoms with Gasteiger partial charge in [0.15, 0.2) is 0 Å². The van der Waals surface area contributed by atoms with E-state index in [4.69, 9.17) is 0 Å². The lowest BCUT2D eigenvalue weighted by molar-refractivity contribution is 0.583. The van der Waals surface area contributed by atoms with E-state index in [2.05, 4.69) is 48.5 Å². The van der Waals surface area contributed by atoms with Gasteiger partial charge in [0.2, 0.25) is 0 Å². The maximum absolute atomic E-state index is 14.5. The van der Waals surface area contributed by atoms with Crippen LogP contribution in [0.5, 0.6) is 0 Å². The van der Waals surface area contributed by atoms with Crippen LogP contribution in [0, 0.1) is 23.3 Å². The van der Waals surface area contributed by atoms with Crippen molar-refractivity contribution >= 4 is 45.4 Å². The van der Waals surface area contributed by atoms with E-state index >= 15 is 0 Å². The summed E-state index contributed by atoms with van der Waals surface area (Å²) in [4.78, 5) is 0. The van der Waals surface area contributed by atoms with Crippen molar-refractivity contribution in [2.24, 2.45) is 0 Å². The molecule has 236 valence electrons. The Morgan fingerprint density at radius 2 is 0.735 bits per heavy atom. The van der Waals surface area contributed by atoms with Crippen LogP contribution in [0.15, 0.2) is 164 Å². The molecule has 0 unspecified atom stereocenters. The van der Waals surface area contributed by atoms with E-state index in [1.807, 2.05) is 78.9 Å². The van der Waals surface area contributed by atoms with Crippen LogP contribution in [-0.2, 0) is 0 Å². The second-order valence-electron chi connectivity index (χ2n) is 11.9. The van der Waals surface area contributed by atoms with Gasteiger partial charge in [-0.2, -0.15) is 0 Å². The minimum atomic E-state index is -1.07. The molecule has 0 aliphatic heterocycles. The summed E-state index contributed by atoms with van der Waals surface area (Å²) >= 11 is 0. The molecule has 0 saturated carbocycles. The Hall–Kier alpha value is -5.57. The summed E-state index contributed by atoms with van der Waals surface area (Å²) in [5.74, 6) is -2.57. The third-order valence-electron chi connectivity index (χ3n) is 8.85. The molecule has 0 fully saturated rings. The van der Waals surface area contributed by atoms with Gasteiger partial charge >= 0.3 is 0 Å². The molecule has 49 heavy (non-hydrogen) atoms. The topological polar surface area (TPSA) is 0 Å². The summed E-state index contributed by atoms with van der Waals surface area (Å²) in [7, 11) is -1.07. The maximum atomic E-state index is 14.5. The molecule has 0 nitrogen and oxygen atoms in total. The molecule has 0 N–H and O–H groups in total. The molecule has 0 spiro atoms. The molecule has 8 rings (SSSR count). The van der Waals surface area contributed by atoms with Gasteiger partial charge in [-0.1, -0.05) is 127 Å². The molecule has 8 aromatic carbocycles. The average molecular weight is 663 g/mol. The summed E-state index contributed by atoms with van der Waals surface area (Å²) in [6.07, 6.45) is 0. The van der Waals surface area contributed by atoms with Gasteiger partial charge in [-0.05, 0) is 103 Å². The van der Waals surface area contributed by atoms with Crippen molar-refractivity contribution in [3.8, 4) is 33.4 Å². The highest BCUT2D eigenvalue weighted by Gasteiger charge is 2.24. The fourth-order valence-corrected chi connectivity index (χ4v) is 9.33. The lowest BCUT2D eigenvalue weighted by Crippen LogP contribution is -2.22. The zero-order valence-corrected chi connectivity index (χ0v) is 26.9. The Morgan fingerprint density at radius 1 is 0.327 bits per heavy atom. The highest BCUT2D eigenvalue weighted by molar-refractivity contribution is 7.80. The molecular formula is C44H27F4P. The van der Waals surface area contributed by atoms with E-state index in [1.165, 1.54) is 34.9 Å². The summed E-state index contributed by atoms with van der Waals surface area (Å²) in [5, 5.41) is 6.98. The largest absolute Gasteiger partial charge is 0.207 e. The zero-order chi connectivity index (χ0) is 33.5. The number of rotatable bonds is 6. The van der Waals surface area contributed by atoms with Crippen molar-refractivity contribution in [1.29, 1.82) is 0 Å². The summed E-state index contributed by atoms with van der Waals surface area (Å²) < 4.78 is 57.9. The van der Waals surface area contributed by atoms with Crippen molar-refractivity contribution in [3.05, 3.63) is 187 Å². The van der Waals surface area contributed by atoms with Crippen LogP contribution in [-0.4, -0.2) is 0 Å². The first-order valence-corrected chi connectivity index (χ1v) is 17.2. The van der Waals surface area contributed by atoms with Gasteiger partial charge < -0.3 is 0 Å². The zero-order valence-electron chi connectivity index (χ0n) is 26.0. The molecule has 0 aliphatic rings. The quantitative estimate of drug-likeness (QED) is 0.123. The summed E-state index contributed by atoms with van der Waals surface area (Å²) in [5.41, 5.74) is 4.25. The molecule has 0 radical (unpaired) electrons. The fraction of sp³-hybridized carbons (Fsp3) is 0. The van der Waals surface area contributed by atoms with Gasteiger partial charge in [-0.25, -0.2) is 17.6 Å². The molecule has 0 saturated heterocycles. The number of benzene rings is 8. The second-order valence-corrected chi connectivity index (χ2v) is 14.1. The number of hydrogen-bond acceptors (Lipinski definition) is 0. The van der Waals surface area contributed by atoms with Gasteiger partial charge in [0.05, 0.1) is 0 Å². The lowest BCUT2D eigenvalue weighted by Gasteiger charge is -2.25. The van der Waals surface area contributed by atoms with Gasteiger partial charge in [0.1, 0.15) is 23.3 Å². The lowest BCUT2D eigenvalue weighted by atomic mass is 9.89. The Balaban J connectivity index is 1.48. The van der Waals surface area contributed by atoms with Crippen LogP contribution in [0.2, 0.25) is 0 Å². The molecule has 0 bridgehead atoms. The van der Waals surface area contributed by atoms with Gasteiger partial charge in [0, 0.05) is 12.1 Å². The maximum Gasteiger partial charge on any atom is 0.126 e. The van der Waals surface area contributed by atoms with Crippen molar-refractivity contribution in [2.45, 2.75) is 0 Å². The van der Waals surface area contributed by atoms with Crippen LogP contribution < -0.4 is 15.9 Å². The van der Waals surface area contributed by atoms with Crippen molar-refractivity contribution in [3.63, 3.8) is 0 Å². The first-order chi connectivity index (χ1) is 23.9. The molecule has 5 heteroatoms. The van der Waals surface area contributed by atoms with Gasteiger partial charge in [-0.3, -0.25) is 0 Å². The number of halogens is 4. The molecule has 0 aromatic heterocycles. The monoisotopic (exact) mass is 662 g/mol. The number of fused-ring (bicyclic) bond motifs is 2. The molecular weight excluding hydrogens is 635 g/mol. The van der Waals surface area contributed by atoms with Crippen molar-refractivity contribution in [2.75, 3.05) is 0 Å². The van der Waals surface area contributed by atoms with E-state index in [-0.39, 0.29) is 0 Å². The third-order valence-corrected chi connectivity index (χ3v) is 11.3. The van der Waals surface area contributed by atoms with E-state index in [9.17, 15) is 17.6 Å². The summed E-state index contributed by atoms with van der Waals surface area (Å²) in [6.45, 7) is 0. The molecule has 0 heterocycles. The van der Waals surface area contributed by atoms with Crippen molar-refractivity contribution in [1.82, 2.24) is 0 Å². The minimum Gasteiger partial charge on any atom is -0.207 e. The van der Waals surface area contributed by atoms with E-state index in [1.54, 1.807) is 0 Å². The van der Waals surface area contributed by atoms with Crippen LogP contribution >= 0.6 is 7.92 Å². The van der Waals surface area contributed by atoms with Gasteiger partial charge in [-0.15, -0.1) is 0 Å². The molecule has 0 atom stereocenters. The Labute approximate surface area is 282 Å². The highest BCUT2D eigenvalue weighted by atomic mass is 31.1. The average Bonchev–Trinajstić information content (AvgIpc) is 3.11. The predicted molar refractivity (Wildman–Crippen MR) is 196 cm³/mol. The minimum absolute atomic E-state index is 0.448. The first-order valence-electron chi connectivity index (χ1n) is 15.9. The molecule has 8 aromatic rings.